The Morgan fingerprint density at radius 2 is 1.53 bits per heavy atom. The van der Waals surface area contributed by atoms with Gasteiger partial charge in [-0.05, 0) is 35.7 Å². The summed E-state index contributed by atoms with van der Waals surface area (Å²) in [5.41, 5.74) is 4.87. The van der Waals surface area contributed by atoms with Crippen LogP contribution in [0.25, 0.3) is 21.7 Å². The third-order valence-corrected chi connectivity index (χ3v) is 6.38. The second kappa shape index (κ2) is 11.6. The summed E-state index contributed by atoms with van der Waals surface area (Å²) in [5, 5.41) is 4.02. The average Bonchev–Trinajstić information content (AvgIpc) is 3.37. The van der Waals surface area contributed by atoms with Crippen LogP contribution in [0.4, 0.5) is 0 Å². The van der Waals surface area contributed by atoms with Gasteiger partial charge in [-0.15, -0.1) is 11.3 Å². The maximum Gasteiger partial charge on any atom is 0.342 e. The molecule has 0 N–H and O–H groups in total. The fraction of sp³-hybridized carbons (Fsp3) is 0.179. The van der Waals surface area contributed by atoms with Gasteiger partial charge in [-0.25, -0.2) is 9.78 Å². The second-order valence-corrected chi connectivity index (χ2v) is 8.97. The molecule has 0 saturated heterocycles. The molecule has 1 atom stereocenters. The third kappa shape index (κ3) is 6.35. The highest BCUT2D eigenvalue weighted by Crippen LogP contribution is 2.28. The van der Waals surface area contributed by atoms with Crippen molar-refractivity contribution < 1.29 is 24.2 Å². The van der Waals surface area contributed by atoms with Crippen LogP contribution in [0.15, 0.2) is 84.2 Å². The summed E-state index contributed by atoms with van der Waals surface area (Å²) in [4.78, 5) is 37.0. The lowest BCUT2D eigenvalue weighted by Crippen LogP contribution is -2.32. The molecular formula is C28H26N2O5S. The molecule has 1 heterocycles. The van der Waals surface area contributed by atoms with Crippen molar-refractivity contribution in [3.63, 3.8) is 0 Å². The van der Waals surface area contributed by atoms with Crippen LogP contribution >= 0.6 is 11.3 Å². The summed E-state index contributed by atoms with van der Waals surface area (Å²) in [7, 11) is 0. The van der Waals surface area contributed by atoms with E-state index in [1.165, 1.54) is 13.8 Å². The number of amides is 1. The van der Waals surface area contributed by atoms with Gasteiger partial charge in [-0.3, -0.25) is 9.68 Å². The lowest BCUT2D eigenvalue weighted by Gasteiger charge is -2.24. The standard InChI is InChI=1S/C28H26N2O5S/c1-19(30(20(2)31)35-34-21(3)32)22-9-11-23(12-10-22)24-13-15-27(16-14-24)33-17-26-18-36-28(29-26)25-7-5-4-6-8-25/h4-16,18-19H,17H2,1-3H3. The van der Waals surface area contributed by atoms with Crippen LogP contribution in [-0.4, -0.2) is 21.9 Å². The molecule has 36 heavy (non-hydrogen) atoms. The number of thiazole rings is 1. The van der Waals surface area contributed by atoms with Gasteiger partial charge in [-0.2, -0.15) is 5.06 Å². The van der Waals surface area contributed by atoms with Crippen LogP contribution in [0.3, 0.4) is 0 Å². The molecule has 4 aromatic rings. The molecule has 0 radical (unpaired) electrons. The molecule has 0 aliphatic rings. The molecule has 4 rings (SSSR count). The van der Waals surface area contributed by atoms with E-state index in [9.17, 15) is 9.59 Å². The number of rotatable bonds is 9. The monoisotopic (exact) mass is 502 g/mol. The van der Waals surface area contributed by atoms with Crippen LogP contribution < -0.4 is 4.74 Å². The Balaban J connectivity index is 1.36. The van der Waals surface area contributed by atoms with Gasteiger partial charge < -0.3 is 4.74 Å². The number of hydrogen-bond donors (Lipinski definition) is 0. The topological polar surface area (TPSA) is 78.0 Å². The van der Waals surface area contributed by atoms with Gasteiger partial charge >= 0.3 is 5.97 Å². The predicted octanol–water partition coefficient (Wildman–Crippen LogP) is 6.38. The number of carbonyl (C=O) groups excluding carboxylic acids is 2. The quantitative estimate of drug-likeness (QED) is 0.195. The molecule has 0 spiro atoms. The zero-order valence-corrected chi connectivity index (χ0v) is 21.0. The molecule has 0 bridgehead atoms. The van der Waals surface area contributed by atoms with E-state index < -0.39 is 12.0 Å². The Labute approximate surface area is 213 Å². The van der Waals surface area contributed by atoms with E-state index in [0.29, 0.717) is 6.61 Å². The second-order valence-electron chi connectivity index (χ2n) is 8.12. The molecule has 0 aliphatic heterocycles. The predicted molar refractivity (Wildman–Crippen MR) is 138 cm³/mol. The van der Waals surface area contributed by atoms with Gasteiger partial charge in [-0.1, -0.05) is 71.7 Å². The summed E-state index contributed by atoms with van der Waals surface area (Å²) in [6.45, 7) is 4.73. The summed E-state index contributed by atoms with van der Waals surface area (Å²) in [6.07, 6.45) is 0. The maximum atomic E-state index is 11.9. The van der Waals surface area contributed by atoms with Crippen molar-refractivity contribution in [2.45, 2.75) is 33.4 Å². The number of benzene rings is 3. The molecule has 0 saturated carbocycles. The lowest BCUT2D eigenvalue weighted by molar-refractivity contribution is -0.390. The van der Waals surface area contributed by atoms with Crippen LogP contribution in [-0.2, 0) is 26.1 Å². The van der Waals surface area contributed by atoms with Crippen LogP contribution in [0, 0.1) is 0 Å². The highest BCUT2D eigenvalue weighted by molar-refractivity contribution is 7.13. The van der Waals surface area contributed by atoms with E-state index in [-0.39, 0.29) is 5.91 Å². The summed E-state index contributed by atoms with van der Waals surface area (Å²) >= 11 is 1.61. The fourth-order valence-electron chi connectivity index (χ4n) is 3.56. The van der Waals surface area contributed by atoms with Crippen molar-refractivity contribution >= 4 is 23.2 Å². The molecule has 184 valence electrons. The number of aromatic nitrogens is 1. The van der Waals surface area contributed by atoms with Gasteiger partial charge in [0.2, 0.25) is 5.91 Å². The summed E-state index contributed by atoms with van der Waals surface area (Å²) in [6, 6.07) is 25.2. The van der Waals surface area contributed by atoms with Crippen molar-refractivity contribution in [2.24, 2.45) is 0 Å². The SMILES string of the molecule is CC(=O)OON(C(C)=O)C(C)c1ccc(-c2ccc(OCc3csc(-c4ccccc4)n3)cc2)cc1. The Morgan fingerprint density at radius 3 is 2.14 bits per heavy atom. The van der Waals surface area contributed by atoms with Gasteiger partial charge in [0.05, 0.1) is 11.7 Å². The first-order valence-corrected chi connectivity index (χ1v) is 12.3. The van der Waals surface area contributed by atoms with Crippen LogP contribution in [0.2, 0.25) is 0 Å². The molecule has 1 unspecified atom stereocenters. The van der Waals surface area contributed by atoms with Crippen molar-refractivity contribution in [3.8, 4) is 27.4 Å². The van der Waals surface area contributed by atoms with Gasteiger partial charge in [0.25, 0.3) is 0 Å². The largest absolute Gasteiger partial charge is 0.487 e. The first-order chi connectivity index (χ1) is 17.4. The van der Waals surface area contributed by atoms with Crippen LogP contribution in [0.5, 0.6) is 5.75 Å². The fourth-order valence-corrected chi connectivity index (χ4v) is 4.37. The van der Waals surface area contributed by atoms with Gasteiger partial charge in [0.1, 0.15) is 17.4 Å². The number of nitrogens with zero attached hydrogens (tertiary/aromatic N) is 2. The normalized spacial score (nSPS) is 11.5. The maximum absolute atomic E-state index is 11.9. The van der Waals surface area contributed by atoms with Crippen molar-refractivity contribution in [2.75, 3.05) is 0 Å². The van der Waals surface area contributed by atoms with Gasteiger partial charge in [0, 0.05) is 24.8 Å². The number of carbonyl (C=O) groups is 2. The number of hydroxylamine groups is 2. The Morgan fingerprint density at radius 1 is 0.889 bits per heavy atom. The van der Waals surface area contributed by atoms with Crippen molar-refractivity contribution in [1.82, 2.24) is 10.0 Å². The minimum atomic E-state index is -0.639. The highest BCUT2D eigenvalue weighted by Gasteiger charge is 2.22. The van der Waals surface area contributed by atoms with Gasteiger partial charge in [0.15, 0.2) is 0 Å². The molecular weight excluding hydrogens is 476 g/mol. The van der Waals surface area contributed by atoms with Crippen molar-refractivity contribution in [3.05, 3.63) is 95.5 Å². The third-order valence-electron chi connectivity index (χ3n) is 5.44. The Bertz CT molecular complexity index is 1300. The van der Waals surface area contributed by atoms with E-state index in [1.807, 2.05) is 84.2 Å². The molecule has 0 fully saturated rings. The zero-order chi connectivity index (χ0) is 25.5. The summed E-state index contributed by atoms with van der Waals surface area (Å²) in [5.74, 6) is -0.255. The number of hydrogen-bond acceptors (Lipinski definition) is 7. The number of ether oxygens (including phenoxy) is 1. The minimum absolute atomic E-state index is 0.377. The highest BCUT2D eigenvalue weighted by atomic mass is 32.1. The van der Waals surface area contributed by atoms with E-state index in [0.717, 1.165) is 43.8 Å². The Kier molecular flexibility index (Phi) is 8.10. The first-order valence-electron chi connectivity index (χ1n) is 11.4. The van der Waals surface area contributed by atoms with E-state index in [4.69, 9.17) is 9.73 Å². The zero-order valence-electron chi connectivity index (χ0n) is 20.2. The lowest BCUT2D eigenvalue weighted by atomic mass is 10.0. The first kappa shape index (κ1) is 25.1. The Hall–Kier alpha value is -4.01. The molecule has 8 heteroatoms. The average molecular weight is 503 g/mol. The molecule has 1 aromatic heterocycles. The van der Waals surface area contributed by atoms with E-state index in [1.54, 1.807) is 18.3 Å². The smallest absolute Gasteiger partial charge is 0.342 e. The summed E-state index contributed by atoms with van der Waals surface area (Å²) < 4.78 is 5.93. The van der Waals surface area contributed by atoms with E-state index >= 15 is 0 Å². The molecule has 0 aliphatic carbocycles. The minimum Gasteiger partial charge on any atom is -0.487 e. The van der Waals surface area contributed by atoms with E-state index in [2.05, 4.69) is 9.87 Å². The van der Waals surface area contributed by atoms with Crippen molar-refractivity contribution in [1.29, 1.82) is 0 Å². The van der Waals surface area contributed by atoms with Crippen LogP contribution in [0.1, 0.15) is 38.1 Å². The molecule has 1 amide bonds. The molecule has 7 nitrogen and oxygen atoms in total. The molecule has 3 aromatic carbocycles.